The molecule has 2 aromatic carbocycles. The summed E-state index contributed by atoms with van der Waals surface area (Å²) in [6.45, 7) is 3.39. The van der Waals surface area contributed by atoms with E-state index in [9.17, 15) is 4.79 Å². The highest BCUT2D eigenvalue weighted by molar-refractivity contribution is 6.33. The fraction of sp³-hybridized carbons (Fsp3) is 0.250. The average Bonchev–Trinajstić information content (AvgIpc) is 3.07. The van der Waals surface area contributed by atoms with Gasteiger partial charge in [-0.25, -0.2) is 4.79 Å². The molecule has 2 unspecified atom stereocenters. The Hall–Kier alpha value is -2.80. The van der Waals surface area contributed by atoms with Gasteiger partial charge in [-0.05, 0) is 48.0 Å². The lowest BCUT2D eigenvalue weighted by molar-refractivity contribution is 0.0919. The van der Waals surface area contributed by atoms with Crippen LogP contribution in [-0.2, 0) is 6.54 Å². The number of hydrogen-bond donors (Lipinski definition) is 1. The van der Waals surface area contributed by atoms with E-state index >= 15 is 0 Å². The fourth-order valence-electron chi connectivity index (χ4n) is 4.35. The first-order valence-corrected chi connectivity index (χ1v) is 11.2. The lowest BCUT2D eigenvalue weighted by Crippen LogP contribution is -2.59. The molecule has 1 aromatic heterocycles. The number of nitrogens with one attached hydrogen (secondary N) is 1. The summed E-state index contributed by atoms with van der Waals surface area (Å²) in [5, 5.41) is 4.04. The van der Waals surface area contributed by atoms with Gasteiger partial charge in [0.05, 0.1) is 22.9 Å². The maximum Gasteiger partial charge on any atom is 0.322 e. The highest BCUT2D eigenvalue weighted by Crippen LogP contribution is 2.34. The van der Waals surface area contributed by atoms with E-state index in [0.717, 1.165) is 37.7 Å². The van der Waals surface area contributed by atoms with Gasteiger partial charge < -0.3 is 15.0 Å². The molecule has 0 aliphatic carbocycles. The number of hydrogen-bond acceptors (Lipinski definition) is 4. The van der Waals surface area contributed by atoms with Crippen molar-refractivity contribution in [3.63, 3.8) is 0 Å². The summed E-state index contributed by atoms with van der Waals surface area (Å²) < 4.78 is 5.95. The number of amides is 2. The molecule has 2 atom stereocenters. The number of ether oxygens (including phenoxy) is 1. The van der Waals surface area contributed by atoms with Gasteiger partial charge in [0.15, 0.2) is 0 Å². The molecule has 0 saturated carbocycles. The standard InChI is InChI=1S/C24H22Cl2N4O2/c25-18-4-6-19(7-5-18)32-20-3-1-2-16(10-20)12-29-13-17-14-30(23(17)15-29)24(31)28-22-11-27-9-8-21(22)26/h1-11,17,23H,12-15H2,(H,28,31). The van der Waals surface area contributed by atoms with E-state index in [0.29, 0.717) is 21.7 Å². The third kappa shape index (κ3) is 4.53. The maximum atomic E-state index is 12.7. The zero-order valence-electron chi connectivity index (χ0n) is 17.2. The third-order valence-electron chi connectivity index (χ3n) is 5.94. The first-order valence-electron chi connectivity index (χ1n) is 10.5. The van der Waals surface area contributed by atoms with E-state index in [4.69, 9.17) is 27.9 Å². The molecule has 2 saturated heterocycles. The van der Waals surface area contributed by atoms with Gasteiger partial charge in [0.25, 0.3) is 0 Å². The number of carbonyl (C=O) groups is 1. The maximum absolute atomic E-state index is 12.7. The number of benzene rings is 2. The zero-order chi connectivity index (χ0) is 22.1. The van der Waals surface area contributed by atoms with Crippen LogP contribution in [0, 0.1) is 5.92 Å². The van der Waals surface area contributed by atoms with Crippen LogP contribution >= 0.6 is 23.2 Å². The summed E-state index contributed by atoms with van der Waals surface area (Å²) in [6, 6.07) is 17.2. The van der Waals surface area contributed by atoms with Gasteiger partial charge in [0, 0.05) is 43.3 Å². The Morgan fingerprint density at radius 3 is 2.72 bits per heavy atom. The monoisotopic (exact) mass is 468 g/mol. The van der Waals surface area contributed by atoms with E-state index in [-0.39, 0.29) is 12.1 Å². The molecule has 3 heterocycles. The minimum Gasteiger partial charge on any atom is -0.457 e. The van der Waals surface area contributed by atoms with Crippen molar-refractivity contribution in [3.05, 3.63) is 82.6 Å². The molecule has 1 N–H and O–H groups in total. The molecule has 8 heteroatoms. The van der Waals surface area contributed by atoms with Crippen molar-refractivity contribution >= 4 is 34.9 Å². The summed E-state index contributed by atoms with van der Waals surface area (Å²) in [6.07, 6.45) is 3.17. The molecule has 3 aromatic rings. The number of fused-ring (bicyclic) bond motifs is 1. The highest BCUT2D eigenvalue weighted by atomic mass is 35.5. The number of rotatable bonds is 5. The smallest absolute Gasteiger partial charge is 0.322 e. The second kappa shape index (κ2) is 8.98. The molecular formula is C24H22Cl2N4O2. The Labute approximate surface area is 196 Å². The number of urea groups is 1. The molecule has 0 spiro atoms. The number of pyridine rings is 1. The molecule has 0 radical (unpaired) electrons. The largest absolute Gasteiger partial charge is 0.457 e. The molecule has 2 aliphatic rings. The number of aromatic nitrogens is 1. The summed E-state index contributed by atoms with van der Waals surface area (Å²) in [5.41, 5.74) is 1.71. The van der Waals surface area contributed by atoms with Crippen LogP contribution in [0.5, 0.6) is 11.5 Å². The van der Waals surface area contributed by atoms with Gasteiger partial charge in [-0.1, -0.05) is 35.3 Å². The summed E-state index contributed by atoms with van der Waals surface area (Å²) in [5.74, 6) is 2.04. The summed E-state index contributed by atoms with van der Waals surface area (Å²) >= 11 is 12.1. The summed E-state index contributed by atoms with van der Waals surface area (Å²) in [7, 11) is 0. The Balaban J connectivity index is 1.17. The second-order valence-electron chi connectivity index (χ2n) is 8.16. The Morgan fingerprint density at radius 1 is 1.06 bits per heavy atom. The SMILES string of the molecule is O=C(Nc1cnccc1Cl)N1CC2CN(Cc3cccc(Oc4ccc(Cl)cc4)c3)CC21. The quantitative estimate of drug-likeness (QED) is 0.534. The minimum atomic E-state index is -0.124. The zero-order valence-corrected chi connectivity index (χ0v) is 18.8. The van der Waals surface area contributed by atoms with Crippen molar-refractivity contribution in [1.82, 2.24) is 14.8 Å². The van der Waals surface area contributed by atoms with Crippen LogP contribution in [0.25, 0.3) is 0 Å². The van der Waals surface area contributed by atoms with Crippen LogP contribution < -0.4 is 10.1 Å². The van der Waals surface area contributed by atoms with Crippen molar-refractivity contribution in [2.24, 2.45) is 5.92 Å². The number of anilines is 1. The van der Waals surface area contributed by atoms with Crippen LogP contribution in [-0.4, -0.2) is 46.5 Å². The van der Waals surface area contributed by atoms with Crippen molar-refractivity contribution in [2.75, 3.05) is 25.0 Å². The molecule has 0 bridgehead atoms. The van der Waals surface area contributed by atoms with Crippen LogP contribution in [0.4, 0.5) is 10.5 Å². The number of likely N-dealkylation sites (tertiary alicyclic amines) is 2. The van der Waals surface area contributed by atoms with Gasteiger partial charge in [-0.3, -0.25) is 9.88 Å². The fourth-order valence-corrected chi connectivity index (χ4v) is 4.63. The number of halogens is 2. The van der Waals surface area contributed by atoms with Crippen molar-refractivity contribution in [3.8, 4) is 11.5 Å². The van der Waals surface area contributed by atoms with Crippen molar-refractivity contribution in [2.45, 2.75) is 12.6 Å². The molecule has 164 valence electrons. The Kier molecular flexibility index (Phi) is 5.91. The molecule has 5 rings (SSSR count). The van der Waals surface area contributed by atoms with E-state index in [2.05, 4.69) is 27.3 Å². The molecule has 6 nitrogen and oxygen atoms in total. The summed E-state index contributed by atoms with van der Waals surface area (Å²) in [4.78, 5) is 21.0. The van der Waals surface area contributed by atoms with E-state index in [1.165, 1.54) is 5.56 Å². The van der Waals surface area contributed by atoms with Gasteiger partial charge in [0.2, 0.25) is 0 Å². The third-order valence-corrected chi connectivity index (χ3v) is 6.52. The molecule has 32 heavy (non-hydrogen) atoms. The van der Waals surface area contributed by atoms with Gasteiger partial charge in [0.1, 0.15) is 11.5 Å². The molecular weight excluding hydrogens is 447 g/mol. The number of nitrogens with zero attached hydrogens (tertiary/aromatic N) is 3. The highest BCUT2D eigenvalue weighted by Gasteiger charge is 2.47. The predicted molar refractivity (Wildman–Crippen MR) is 125 cm³/mol. The van der Waals surface area contributed by atoms with Crippen LogP contribution in [0.1, 0.15) is 5.56 Å². The minimum absolute atomic E-state index is 0.124. The van der Waals surface area contributed by atoms with Crippen LogP contribution in [0.15, 0.2) is 67.0 Å². The number of carbonyl (C=O) groups excluding carboxylic acids is 1. The Morgan fingerprint density at radius 2 is 1.91 bits per heavy atom. The van der Waals surface area contributed by atoms with E-state index in [1.807, 2.05) is 41.3 Å². The molecule has 2 amide bonds. The van der Waals surface area contributed by atoms with Gasteiger partial charge in [-0.2, -0.15) is 0 Å². The lowest BCUT2D eigenvalue weighted by atomic mass is 9.93. The van der Waals surface area contributed by atoms with E-state index < -0.39 is 0 Å². The second-order valence-corrected chi connectivity index (χ2v) is 9.01. The van der Waals surface area contributed by atoms with E-state index in [1.54, 1.807) is 18.5 Å². The van der Waals surface area contributed by atoms with Gasteiger partial charge in [-0.15, -0.1) is 0 Å². The van der Waals surface area contributed by atoms with Crippen molar-refractivity contribution < 1.29 is 9.53 Å². The predicted octanol–water partition coefficient (Wildman–Crippen LogP) is 5.53. The van der Waals surface area contributed by atoms with Crippen LogP contribution in [0.3, 0.4) is 0 Å². The molecule has 2 aliphatic heterocycles. The first kappa shape index (κ1) is 21.1. The van der Waals surface area contributed by atoms with Gasteiger partial charge >= 0.3 is 6.03 Å². The average molecular weight is 469 g/mol. The normalized spacial score (nSPS) is 19.9. The van der Waals surface area contributed by atoms with Crippen LogP contribution in [0.2, 0.25) is 10.0 Å². The topological polar surface area (TPSA) is 57.7 Å². The molecule has 2 fully saturated rings. The lowest BCUT2D eigenvalue weighted by Gasteiger charge is -2.43. The first-order chi connectivity index (χ1) is 15.5. The Bertz CT molecular complexity index is 1120. The van der Waals surface area contributed by atoms with Crippen molar-refractivity contribution in [1.29, 1.82) is 0 Å².